The van der Waals surface area contributed by atoms with Gasteiger partial charge >= 0.3 is 0 Å². The highest BCUT2D eigenvalue weighted by atomic mass is 35.5. The van der Waals surface area contributed by atoms with Crippen LogP contribution in [0.4, 0.5) is 5.69 Å². The van der Waals surface area contributed by atoms with E-state index in [2.05, 4.69) is 6.92 Å². The van der Waals surface area contributed by atoms with Crippen LogP contribution < -0.4 is 19.1 Å². The minimum Gasteiger partial charge on any atom is -0.497 e. The Morgan fingerprint density at radius 2 is 1.76 bits per heavy atom. The molecule has 0 aromatic heterocycles. The normalized spacial score (nSPS) is 16.1. The van der Waals surface area contributed by atoms with Crippen molar-refractivity contribution < 1.29 is 19.0 Å². The molecule has 0 saturated heterocycles. The minimum absolute atomic E-state index is 0.0124. The molecule has 3 aromatic rings. The van der Waals surface area contributed by atoms with Gasteiger partial charge in [0.05, 0.1) is 32.8 Å². The molecule has 0 saturated carbocycles. The van der Waals surface area contributed by atoms with Crippen LogP contribution in [0.1, 0.15) is 48.6 Å². The molecule has 4 rings (SSSR count). The van der Waals surface area contributed by atoms with E-state index in [-0.39, 0.29) is 24.5 Å². The van der Waals surface area contributed by atoms with E-state index in [4.69, 9.17) is 25.8 Å². The number of halogens is 1. The van der Waals surface area contributed by atoms with E-state index >= 15 is 0 Å². The average Bonchev–Trinajstić information content (AvgIpc) is 2.84. The highest BCUT2D eigenvalue weighted by Crippen LogP contribution is 2.44. The Labute approximate surface area is 206 Å². The molecule has 0 bridgehead atoms. The van der Waals surface area contributed by atoms with Crippen molar-refractivity contribution in [3.8, 4) is 17.2 Å². The number of benzene rings is 3. The number of hydrogen-bond acceptors (Lipinski definition) is 4. The van der Waals surface area contributed by atoms with Crippen LogP contribution in [-0.2, 0) is 11.2 Å². The molecule has 0 N–H and O–H groups in total. The summed E-state index contributed by atoms with van der Waals surface area (Å²) in [6, 6.07) is 17.1. The van der Waals surface area contributed by atoms with Crippen LogP contribution in [-0.4, -0.2) is 26.2 Å². The molecule has 0 aliphatic carbocycles. The van der Waals surface area contributed by atoms with Gasteiger partial charge in [-0.2, -0.15) is 0 Å². The molecule has 5 nitrogen and oxygen atoms in total. The zero-order chi connectivity index (χ0) is 24.4. The molecule has 178 valence electrons. The van der Waals surface area contributed by atoms with E-state index in [1.807, 2.05) is 73.3 Å². The molecular weight excluding hydrogens is 450 g/mol. The lowest BCUT2D eigenvalue weighted by molar-refractivity contribution is -0.118. The summed E-state index contributed by atoms with van der Waals surface area (Å²) < 4.78 is 17.2. The largest absolute Gasteiger partial charge is 0.497 e. The van der Waals surface area contributed by atoms with E-state index in [1.165, 1.54) is 0 Å². The first-order chi connectivity index (χ1) is 16.4. The quantitative estimate of drug-likeness (QED) is 0.387. The van der Waals surface area contributed by atoms with Crippen molar-refractivity contribution in [2.75, 3.05) is 19.1 Å². The number of amides is 1. The second kappa shape index (κ2) is 9.98. The highest BCUT2D eigenvalue weighted by Gasteiger charge is 2.36. The lowest BCUT2D eigenvalue weighted by atomic mass is 9.86. The molecule has 34 heavy (non-hydrogen) atoms. The van der Waals surface area contributed by atoms with Gasteiger partial charge in [-0.3, -0.25) is 4.79 Å². The van der Waals surface area contributed by atoms with Crippen molar-refractivity contribution in [1.82, 2.24) is 0 Å². The number of ether oxygens (including phenoxy) is 3. The molecule has 0 fully saturated rings. The van der Waals surface area contributed by atoms with Gasteiger partial charge in [0.1, 0.15) is 5.75 Å². The summed E-state index contributed by atoms with van der Waals surface area (Å²) >= 11 is 6.20. The maximum Gasteiger partial charge on any atom is 0.232 e. The maximum absolute atomic E-state index is 13.6. The predicted molar refractivity (Wildman–Crippen MR) is 136 cm³/mol. The van der Waals surface area contributed by atoms with Crippen molar-refractivity contribution >= 4 is 23.2 Å². The van der Waals surface area contributed by atoms with E-state index in [9.17, 15) is 4.79 Å². The van der Waals surface area contributed by atoms with Gasteiger partial charge in [0.25, 0.3) is 0 Å². The number of fused-ring (bicyclic) bond motifs is 1. The topological polar surface area (TPSA) is 48.0 Å². The number of nitrogens with zero attached hydrogens (tertiary/aromatic N) is 1. The molecule has 1 heterocycles. The third-order valence-corrected chi connectivity index (χ3v) is 6.59. The summed E-state index contributed by atoms with van der Waals surface area (Å²) in [5.74, 6) is 2.08. The number of anilines is 1. The van der Waals surface area contributed by atoms with Crippen LogP contribution in [0, 0.1) is 6.92 Å². The van der Waals surface area contributed by atoms with Gasteiger partial charge in [0.15, 0.2) is 11.5 Å². The van der Waals surface area contributed by atoms with Gasteiger partial charge < -0.3 is 19.1 Å². The molecule has 1 aliphatic heterocycles. The summed E-state index contributed by atoms with van der Waals surface area (Å²) in [5, 5.41) is 0.647. The SMILES string of the molecule is CC[C@@H](C)Oc1cc2c(cc1OC)CC(=O)N(c1ccc(OC)cc1C)C2c1ccc(Cl)cc1. The summed E-state index contributed by atoms with van der Waals surface area (Å²) in [7, 11) is 3.26. The van der Waals surface area contributed by atoms with Crippen LogP contribution in [0.25, 0.3) is 0 Å². The Bertz CT molecular complexity index is 1190. The summed E-state index contributed by atoms with van der Waals surface area (Å²) in [5.41, 5.74) is 4.71. The summed E-state index contributed by atoms with van der Waals surface area (Å²) in [6.45, 7) is 6.11. The number of hydrogen-bond donors (Lipinski definition) is 0. The Kier molecular flexibility index (Phi) is 7.03. The first-order valence-electron chi connectivity index (χ1n) is 11.5. The number of carbonyl (C=O) groups is 1. The molecule has 1 amide bonds. The van der Waals surface area contributed by atoms with Crippen molar-refractivity contribution in [1.29, 1.82) is 0 Å². The maximum atomic E-state index is 13.6. The third kappa shape index (κ3) is 4.58. The molecule has 0 radical (unpaired) electrons. The summed E-state index contributed by atoms with van der Waals surface area (Å²) in [4.78, 5) is 15.5. The van der Waals surface area contributed by atoms with Crippen LogP contribution in [0.2, 0.25) is 5.02 Å². The van der Waals surface area contributed by atoms with E-state index in [0.29, 0.717) is 16.5 Å². The molecule has 0 spiro atoms. The van der Waals surface area contributed by atoms with Crippen LogP contribution in [0.15, 0.2) is 54.6 Å². The van der Waals surface area contributed by atoms with Gasteiger partial charge in [-0.15, -0.1) is 0 Å². The van der Waals surface area contributed by atoms with Gasteiger partial charge in [-0.1, -0.05) is 30.7 Å². The van der Waals surface area contributed by atoms with Gasteiger partial charge in [-0.05, 0) is 85.0 Å². The smallest absolute Gasteiger partial charge is 0.232 e. The van der Waals surface area contributed by atoms with Crippen molar-refractivity contribution in [3.05, 3.63) is 81.9 Å². The molecular formula is C28H30ClNO4. The van der Waals surface area contributed by atoms with E-state index < -0.39 is 0 Å². The number of rotatable bonds is 7. The number of aryl methyl sites for hydroxylation is 1. The zero-order valence-corrected chi connectivity index (χ0v) is 21.0. The van der Waals surface area contributed by atoms with E-state index in [1.54, 1.807) is 14.2 Å². The van der Waals surface area contributed by atoms with Gasteiger partial charge in [0, 0.05) is 10.7 Å². The second-order valence-corrected chi connectivity index (χ2v) is 9.02. The Morgan fingerprint density at radius 3 is 2.38 bits per heavy atom. The molecule has 1 aliphatic rings. The minimum atomic E-state index is -0.342. The Morgan fingerprint density at radius 1 is 1.03 bits per heavy atom. The monoisotopic (exact) mass is 479 g/mol. The predicted octanol–water partition coefficient (Wildman–Crippen LogP) is 6.52. The number of methoxy groups -OCH3 is 2. The highest BCUT2D eigenvalue weighted by molar-refractivity contribution is 6.30. The first kappa shape index (κ1) is 24.0. The van der Waals surface area contributed by atoms with E-state index in [0.717, 1.165) is 40.1 Å². The van der Waals surface area contributed by atoms with Crippen molar-refractivity contribution in [2.24, 2.45) is 0 Å². The van der Waals surface area contributed by atoms with Crippen LogP contribution in [0.5, 0.6) is 17.2 Å². The molecule has 6 heteroatoms. The van der Waals surface area contributed by atoms with Crippen molar-refractivity contribution in [2.45, 2.75) is 45.8 Å². The average molecular weight is 480 g/mol. The van der Waals surface area contributed by atoms with Crippen LogP contribution in [0.3, 0.4) is 0 Å². The third-order valence-electron chi connectivity index (χ3n) is 6.34. The van der Waals surface area contributed by atoms with Gasteiger partial charge in [-0.25, -0.2) is 0 Å². The zero-order valence-electron chi connectivity index (χ0n) is 20.2. The Balaban J connectivity index is 1.92. The van der Waals surface area contributed by atoms with Gasteiger partial charge in [0.2, 0.25) is 5.91 Å². The van der Waals surface area contributed by atoms with Crippen LogP contribution >= 0.6 is 11.6 Å². The fourth-order valence-electron chi connectivity index (χ4n) is 4.38. The molecule has 1 unspecified atom stereocenters. The Hall–Kier alpha value is -3.18. The summed E-state index contributed by atoms with van der Waals surface area (Å²) in [6.07, 6.45) is 1.17. The number of carbonyl (C=O) groups excluding carboxylic acids is 1. The first-order valence-corrected chi connectivity index (χ1v) is 11.8. The lowest BCUT2D eigenvalue weighted by Gasteiger charge is -2.39. The fourth-order valence-corrected chi connectivity index (χ4v) is 4.51. The standard InChI is InChI=1S/C28H30ClNO4/c1-6-18(3)34-26-16-23-20(14-25(26)33-5)15-27(31)30(24-12-11-22(32-4)13-17(24)2)28(23)19-7-9-21(29)10-8-19/h7-14,16,18,28H,6,15H2,1-5H3/t18-,28?/m1/s1. The second-order valence-electron chi connectivity index (χ2n) is 8.59. The molecule has 3 aromatic carbocycles. The van der Waals surface area contributed by atoms with Crippen molar-refractivity contribution in [3.63, 3.8) is 0 Å². The molecule has 2 atom stereocenters. The fraction of sp³-hybridized carbons (Fsp3) is 0.321. The lowest BCUT2D eigenvalue weighted by Crippen LogP contribution is -2.41.